The van der Waals surface area contributed by atoms with Gasteiger partial charge in [-0.2, -0.15) is 0 Å². The summed E-state index contributed by atoms with van der Waals surface area (Å²) < 4.78 is 5.38. The van der Waals surface area contributed by atoms with E-state index in [4.69, 9.17) is 10.5 Å². The van der Waals surface area contributed by atoms with Crippen molar-refractivity contribution in [1.82, 2.24) is 0 Å². The third kappa shape index (κ3) is 3.16. The Morgan fingerprint density at radius 1 is 1.22 bits per heavy atom. The molecule has 0 atom stereocenters. The summed E-state index contributed by atoms with van der Waals surface area (Å²) in [5.74, 6) is 0.952. The second-order valence-corrected chi connectivity index (χ2v) is 5.74. The molecule has 1 aromatic rings. The van der Waals surface area contributed by atoms with E-state index >= 15 is 0 Å². The van der Waals surface area contributed by atoms with Gasteiger partial charge >= 0.3 is 0 Å². The zero-order valence-corrected chi connectivity index (χ0v) is 12.5. The standard InChI is InChI=1S/C15H26N2O/c1-10-7-13(18-6)11(2)12(3)14(10)17-9-15(4,5)8-16/h7,17H,8-9,16H2,1-6H3. The first-order chi connectivity index (χ1) is 8.32. The van der Waals surface area contributed by atoms with Crippen LogP contribution in [0, 0.1) is 26.2 Å². The smallest absolute Gasteiger partial charge is 0.122 e. The Bertz CT molecular complexity index is 425. The first kappa shape index (κ1) is 14.8. The third-order valence-corrected chi connectivity index (χ3v) is 3.57. The van der Waals surface area contributed by atoms with Crippen LogP contribution in [0.1, 0.15) is 30.5 Å². The van der Waals surface area contributed by atoms with Crippen LogP contribution in [0.5, 0.6) is 5.75 Å². The topological polar surface area (TPSA) is 47.3 Å². The van der Waals surface area contributed by atoms with Crippen LogP contribution < -0.4 is 15.8 Å². The van der Waals surface area contributed by atoms with E-state index < -0.39 is 0 Å². The number of aryl methyl sites for hydroxylation is 1. The van der Waals surface area contributed by atoms with E-state index in [0.717, 1.165) is 12.3 Å². The van der Waals surface area contributed by atoms with Crippen molar-refractivity contribution >= 4 is 5.69 Å². The molecule has 0 spiro atoms. The molecule has 3 nitrogen and oxygen atoms in total. The second-order valence-electron chi connectivity index (χ2n) is 5.74. The zero-order chi connectivity index (χ0) is 13.9. The summed E-state index contributed by atoms with van der Waals surface area (Å²) in [5.41, 5.74) is 10.7. The molecule has 0 aromatic heterocycles. The molecule has 0 bridgehead atoms. The number of hydrogen-bond donors (Lipinski definition) is 2. The average molecular weight is 250 g/mol. The molecule has 0 saturated heterocycles. The molecule has 3 N–H and O–H groups in total. The maximum absolute atomic E-state index is 5.76. The summed E-state index contributed by atoms with van der Waals surface area (Å²) in [6.45, 7) is 12.2. The van der Waals surface area contributed by atoms with E-state index in [2.05, 4.69) is 46.0 Å². The molecule has 0 unspecified atom stereocenters. The summed E-state index contributed by atoms with van der Waals surface area (Å²) in [4.78, 5) is 0. The molecule has 1 rings (SSSR count). The van der Waals surface area contributed by atoms with Gasteiger partial charge in [-0.25, -0.2) is 0 Å². The van der Waals surface area contributed by atoms with Crippen LogP contribution in [0.4, 0.5) is 5.69 Å². The summed E-state index contributed by atoms with van der Waals surface area (Å²) in [6.07, 6.45) is 0. The lowest BCUT2D eigenvalue weighted by atomic mass is 9.93. The Morgan fingerprint density at radius 3 is 2.33 bits per heavy atom. The van der Waals surface area contributed by atoms with Crippen LogP contribution in [0.3, 0.4) is 0 Å². The van der Waals surface area contributed by atoms with Crippen molar-refractivity contribution in [1.29, 1.82) is 0 Å². The Morgan fingerprint density at radius 2 is 1.83 bits per heavy atom. The van der Waals surface area contributed by atoms with Crippen LogP contribution in [-0.4, -0.2) is 20.2 Å². The number of nitrogens with two attached hydrogens (primary N) is 1. The highest BCUT2D eigenvalue weighted by molar-refractivity contribution is 5.63. The van der Waals surface area contributed by atoms with E-state index in [1.165, 1.54) is 22.4 Å². The van der Waals surface area contributed by atoms with Crippen molar-refractivity contribution in [2.75, 3.05) is 25.5 Å². The van der Waals surface area contributed by atoms with E-state index in [-0.39, 0.29) is 5.41 Å². The molecule has 0 aliphatic rings. The van der Waals surface area contributed by atoms with E-state index in [9.17, 15) is 0 Å². The van der Waals surface area contributed by atoms with Crippen LogP contribution >= 0.6 is 0 Å². The van der Waals surface area contributed by atoms with Crippen molar-refractivity contribution in [2.45, 2.75) is 34.6 Å². The lowest BCUT2D eigenvalue weighted by Crippen LogP contribution is -2.31. The maximum atomic E-state index is 5.76. The first-order valence-electron chi connectivity index (χ1n) is 6.41. The molecule has 0 heterocycles. The van der Waals surface area contributed by atoms with E-state index in [0.29, 0.717) is 6.54 Å². The molecular weight excluding hydrogens is 224 g/mol. The average Bonchev–Trinajstić information content (AvgIpc) is 2.33. The highest BCUT2D eigenvalue weighted by atomic mass is 16.5. The summed E-state index contributed by atoms with van der Waals surface area (Å²) in [5, 5.41) is 3.53. The summed E-state index contributed by atoms with van der Waals surface area (Å²) >= 11 is 0. The van der Waals surface area contributed by atoms with Gasteiger partial charge in [0.25, 0.3) is 0 Å². The van der Waals surface area contributed by atoms with E-state index in [1.54, 1.807) is 7.11 Å². The molecule has 3 heteroatoms. The normalized spacial score (nSPS) is 11.5. The van der Waals surface area contributed by atoms with Gasteiger partial charge in [-0.3, -0.25) is 0 Å². The predicted octanol–water partition coefficient (Wildman–Crippen LogP) is 3.02. The number of benzene rings is 1. The monoisotopic (exact) mass is 250 g/mol. The van der Waals surface area contributed by atoms with Gasteiger partial charge in [-0.05, 0) is 55.5 Å². The van der Waals surface area contributed by atoms with Crippen LogP contribution in [0.25, 0.3) is 0 Å². The molecular formula is C15H26N2O. The molecule has 0 saturated carbocycles. The Hall–Kier alpha value is -1.22. The maximum Gasteiger partial charge on any atom is 0.122 e. The fourth-order valence-corrected chi connectivity index (χ4v) is 1.93. The Labute approximate surface area is 111 Å². The minimum Gasteiger partial charge on any atom is -0.496 e. The van der Waals surface area contributed by atoms with Gasteiger partial charge in [-0.15, -0.1) is 0 Å². The van der Waals surface area contributed by atoms with Crippen LogP contribution in [0.15, 0.2) is 6.07 Å². The van der Waals surface area contributed by atoms with Crippen LogP contribution in [-0.2, 0) is 0 Å². The van der Waals surface area contributed by atoms with E-state index in [1.807, 2.05) is 0 Å². The molecule has 0 aliphatic heterocycles. The lowest BCUT2D eigenvalue weighted by Gasteiger charge is -2.25. The molecule has 0 radical (unpaired) electrons. The highest BCUT2D eigenvalue weighted by Crippen LogP contribution is 2.31. The predicted molar refractivity (Wildman–Crippen MR) is 78.5 cm³/mol. The third-order valence-electron chi connectivity index (χ3n) is 3.57. The second kappa shape index (κ2) is 5.61. The number of nitrogens with one attached hydrogen (secondary N) is 1. The minimum absolute atomic E-state index is 0.104. The summed E-state index contributed by atoms with van der Waals surface area (Å²) in [6, 6.07) is 2.08. The quantitative estimate of drug-likeness (QED) is 0.844. The zero-order valence-electron chi connectivity index (χ0n) is 12.5. The van der Waals surface area contributed by atoms with Gasteiger partial charge < -0.3 is 15.8 Å². The van der Waals surface area contributed by atoms with Crippen molar-refractivity contribution in [2.24, 2.45) is 11.1 Å². The molecule has 18 heavy (non-hydrogen) atoms. The number of rotatable bonds is 5. The van der Waals surface area contributed by atoms with Crippen molar-refractivity contribution in [3.63, 3.8) is 0 Å². The molecule has 1 aromatic carbocycles. The van der Waals surface area contributed by atoms with Crippen molar-refractivity contribution in [3.05, 3.63) is 22.8 Å². The fraction of sp³-hybridized carbons (Fsp3) is 0.600. The van der Waals surface area contributed by atoms with Gasteiger partial charge in [0.05, 0.1) is 7.11 Å². The van der Waals surface area contributed by atoms with Gasteiger partial charge in [-0.1, -0.05) is 13.8 Å². The Balaban J connectivity index is 3.00. The molecule has 0 fully saturated rings. The largest absolute Gasteiger partial charge is 0.496 e. The Kier molecular flexibility index (Phi) is 4.63. The minimum atomic E-state index is 0.104. The number of methoxy groups -OCH3 is 1. The molecule has 102 valence electrons. The van der Waals surface area contributed by atoms with Crippen LogP contribution in [0.2, 0.25) is 0 Å². The van der Waals surface area contributed by atoms with Gasteiger partial charge in [0.15, 0.2) is 0 Å². The molecule has 0 aliphatic carbocycles. The SMILES string of the molecule is COc1cc(C)c(NCC(C)(C)CN)c(C)c1C. The summed E-state index contributed by atoms with van der Waals surface area (Å²) in [7, 11) is 1.71. The van der Waals surface area contributed by atoms with Crippen molar-refractivity contribution in [3.8, 4) is 5.75 Å². The first-order valence-corrected chi connectivity index (χ1v) is 6.41. The fourth-order valence-electron chi connectivity index (χ4n) is 1.93. The number of hydrogen-bond acceptors (Lipinski definition) is 3. The highest BCUT2D eigenvalue weighted by Gasteiger charge is 2.17. The molecule has 0 amide bonds. The van der Waals surface area contributed by atoms with Gasteiger partial charge in [0.2, 0.25) is 0 Å². The number of ether oxygens (including phenoxy) is 1. The van der Waals surface area contributed by atoms with Gasteiger partial charge in [0, 0.05) is 12.2 Å². The lowest BCUT2D eigenvalue weighted by molar-refractivity contribution is 0.404. The van der Waals surface area contributed by atoms with Gasteiger partial charge in [0.1, 0.15) is 5.75 Å². The van der Waals surface area contributed by atoms with Crippen molar-refractivity contribution < 1.29 is 4.74 Å². The number of anilines is 1.